The van der Waals surface area contributed by atoms with Crippen LogP contribution in [0.1, 0.15) is 16.6 Å². The summed E-state index contributed by atoms with van der Waals surface area (Å²) in [6.07, 6.45) is 0. The van der Waals surface area contributed by atoms with Crippen LogP contribution in [0, 0.1) is 0 Å². The molecule has 2 aromatic heterocycles. The molecule has 90 valence electrons. The highest BCUT2D eigenvalue weighted by atomic mass is 35.5. The van der Waals surface area contributed by atoms with Gasteiger partial charge in [-0.1, -0.05) is 11.6 Å². The molecule has 2 heterocycles. The summed E-state index contributed by atoms with van der Waals surface area (Å²) in [5.74, 6) is 0.507. The van der Waals surface area contributed by atoms with Crippen molar-refractivity contribution in [3.8, 4) is 5.88 Å². The van der Waals surface area contributed by atoms with E-state index in [9.17, 15) is 0 Å². The maximum absolute atomic E-state index is 5.93. The molecule has 2 aromatic rings. The molecule has 0 aliphatic rings. The Hall–Kier alpha value is -1.17. The summed E-state index contributed by atoms with van der Waals surface area (Å²) in [7, 11) is 3.45. The Balaban J connectivity index is 2.28. The minimum atomic E-state index is 0.00547. The van der Waals surface area contributed by atoms with Crippen molar-refractivity contribution in [1.82, 2.24) is 15.5 Å². The third-order valence-electron chi connectivity index (χ3n) is 2.33. The lowest BCUT2D eigenvalue weighted by atomic mass is 10.1. The van der Waals surface area contributed by atoms with E-state index in [1.165, 1.54) is 11.3 Å². The molecule has 0 saturated heterocycles. The van der Waals surface area contributed by atoms with Crippen molar-refractivity contribution in [1.29, 1.82) is 0 Å². The fourth-order valence-corrected chi connectivity index (χ4v) is 2.70. The van der Waals surface area contributed by atoms with Crippen molar-refractivity contribution < 1.29 is 4.74 Å². The van der Waals surface area contributed by atoms with Gasteiger partial charge in [0.25, 0.3) is 0 Å². The molecule has 4 nitrogen and oxygen atoms in total. The molecule has 1 unspecified atom stereocenters. The van der Waals surface area contributed by atoms with Crippen LogP contribution >= 0.6 is 22.9 Å². The van der Waals surface area contributed by atoms with Crippen molar-refractivity contribution in [2.24, 2.45) is 0 Å². The smallest absolute Gasteiger partial charge is 0.233 e. The number of ether oxygens (including phenoxy) is 1. The molecule has 0 saturated carbocycles. The number of methoxy groups -OCH3 is 1. The number of rotatable bonds is 4. The molecule has 0 spiro atoms. The molecule has 0 fully saturated rings. The van der Waals surface area contributed by atoms with Gasteiger partial charge in [-0.3, -0.25) is 0 Å². The predicted octanol–water partition coefficient (Wildman–Crippen LogP) is 2.51. The lowest BCUT2D eigenvalue weighted by molar-refractivity contribution is 0.390. The van der Waals surface area contributed by atoms with Crippen LogP contribution in [0.3, 0.4) is 0 Å². The van der Waals surface area contributed by atoms with E-state index >= 15 is 0 Å². The lowest BCUT2D eigenvalue weighted by Gasteiger charge is -2.13. The molecule has 2 rings (SSSR count). The van der Waals surface area contributed by atoms with Crippen LogP contribution in [0.5, 0.6) is 5.88 Å². The molecule has 6 heteroatoms. The van der Waals surface area contributed by atoms with Gasteiger partial charge in [0.2, 0.25) is 5.88 Å². The summed E-state index contributed by atoms with van der Waals surface area (Å²) in [5, 5.41) is 11.3. The highest BCUT2D eigenvalue weighted by Gasteiger charge is 2.16. The molecule has 0 aromatic carbocycles. The van der Waals surface area contributed by atoms with Crippen LogP contribution < -0.4 is 10.1 Å². The van der Waals surface area contributed by atoms with Gasteiger partial charge in [-0.2, -0.15) is 0 Å². The molecule has 17 heavy (non-hydrogen) atoms. The monoisotopic (exact) mass is 269 g/mol. The fourth-order valence-electron chi connectivity index (χ4n) is 1.51. The fraction of sp³-hybridized carbons (Fsp3) is 0.273. The molecule has 0 aliphatic heterocycles. The van der Waals surface area contributed by atoms with Crippen molar-refractivity contribution in [3.05, 3.63) is 39.2 Å². The SMILES string of the molecule is CNC(c1ccc(OC)nn1)c1ccc(Cl)s1. The average Bonchev–Trinajstić information content (AvgIpc) is 2.78. The molecule has 1 atom stereocenters. The number of hydrogen-bond donors (Lipinski definition) is 1. The van der Waals surface area contributed by atoms with Gasteiger partial charge in [0, 0.05) is 10.9 Å². The Morgan fingerprint density at radius 2 is 2.12 bits per heavy atom. The minimum absolute atomic E-state index is 0.00547. The predicted molar refractivity (Wildman–Crippen MR) is 68.8 cm³/mol. The average molecular weight is 270 g/mol. The molecule has 0 aliphatic carbocycles. The molecule has 0 amide bonds. The third-order valence-corrected chi connectivity index (χ3v) is 3.63. The van der Waals surface area contributed by atoms with Gasteiger partial charge >= 0.3 is 0 Å². The summed E-state index contributed by atoms with van der Waals surface area (Å²) >= 11 is 7.46. The topological polar surface area (TPSA) is 47.0 Å². The van der Waals surface area contributed by atoms with E-state index in [1.807, 2.05) is 25.2 Å². The number of thiophene rings is 1. The van der Waals surface area contributed by atoms with Crippen molar-refractivity contribution in [2.45, 2.75) is 6.04 Å². The van der Waals surface area contributed by atoms with Crippen LogP contribution in [0.15, 0.2) is 24.3 Å². The number of aromatic nitrogens is 2. The first-order valence-corrected chi connectivity index (χ1v) is 6.24. The Labute approximate surface area is 109 Å². The number of nitrogens with zero attached hydrogens (tertiary/aromatic N) is 2. The lowest BCUT2D eigenvalue weighted by Crippen LogP contribution is -2.18. The molecular weight excluding hydrogens is 258 g/mol. The van der Waals surface area contributed by atoms with E-state index < -0.39 is 0 Å². The standard InChI is InChI=1S/C11H12ClN3OS/c1-13-11(8-4-5-9(12)17-8)7-3-6-10(16-2)15-14-7/h3-6,11,13H,1-2H3. The van der Waals surface area contributed by atoms with Gasteiger partial charge in [-0.05, 0) is 25.2 Å². The number of halogens is 1. The maximum Gasteiger partial charge on any atom is 0.233 e. The van der Waals surface area contributed by atoms with E-state index in [2.05, 4.69) is 15.5 Å². The summed E-state index contributed by atoms with van der Waals surface area (Å²) in [5.41, 5.74) is 0.840. The Bertz CT molecular complexity index is 486. The quantitative estimate of drug-likeness (QED) is 0.927. The van der Waals surface area contributed by atoms with Crippen molar-refractivity contribution in [2.75, 3.05) is 14.2 Å². The first-order valence-electron chi connectivity index (χ1n) is 5.04. The van der Waals surface area contributed by atoms with Crippen LogP contribution in [0.4, 0.5) is 0 Å². The van der Waals surface area contributed by atoms with Gasteiger partial charge in [-0.25, -0.2) is 0 Å². The second kappa shape index (κ2) is 5.44. The number of nitrogens with one attached hydrogen (secondary N) is 1. The van der Waals surface area contributed by atoms with E-state index in [1.54, 1.807) is 13.2 Å². The normalized spacial score (nSPS) is 12.4. The molecular formula is C11H12ClN3OS. The second-order valence-electron chi connectivity index (χ2n) is 3.36. The van der Waals surface area contributed by atoms with E-state index in [0.29, 0.717) is 5.88 Å². The summed E-state index contributed by atoms with van der Waals surface area (Å²) in [6.45, 7) is 0. The van der Waals surface area contributed by atoms with Crippen LogP contribution in [0.2, 0.25) is 4.34 Å². The Morgan fingerprint density at radius 3 is 2.59 bits per heavy atom. The van der Waals surface area contributed by atoms with E-state index in [0.717, 1.165) is 14.9 Å². The minimum Gasteiger partial charge on any atom is -0.480 e. The van der Waals surface area contributed by atoms with Crippen LogP contribution in [0.25, 0.3) is 0 Å². The van der Waals surface area contributed by atoms with Gasteiger partial charge in [0.1, 0.15) is 0 Å². The zero-order chi connectivity index (χ0) is 12.3. The van der Waals surface area contributed by atoms with Crippen LogP contribution in [-0.2, 0) is 0 Å². The first kappa shape index (κ1) is 12.3. The number of hydrogen-bond acceptors (Lipinski definition) is 5. The van der Waals surface area contributed by atoms with Crippen LogP contribution in [-0.4, -0.2) is 24.4 Å². The second-order valence-corrected chi connectivity index (χ2v) is 5.11. The van der Waals surface area contributed by atoms with Gasteiger partial charge in [-0.15, -0.1) is 21.5 Å². The first-order chi connectivity index (χ1) is 8.24. The summed E-state index contributed by atoms with van der Waals surface area (Å²) < 4.78 is 5.75. The van der Waals surface area contributed by atoms with Gasteiger partial charge in [0.15, 0.2) is 0 Å². The summed E-state index contributed by atoms with van der Waals surface area (Å²) in [6, 6.07) is 7.55. The summed E-state index contributed by atoms with van der Waals surface area (Å²) in [4.78, 5) is 1.11. The third kappa shape index (κ3) is 2.74. The van der Waals surface area contributed by atoms with E-state index in [4.69, 9.17) is 16.3 Å². The van der Waals surface area contributed by atoms with Gasteiger partial charge < -0.3 is 10.1 Å². The van der Waals surface area contributed by atoms with Crippen molar-refractivity contribution in [3.63, 3.8) is 0 Å². The Kier molecular flexibility index (Phi) is 3.93. The highest BCUT2D eigenvalue weighted by Crippen LogP contribution is 2.29. The zero-order valence-corrected chi connectivity index (χ0v) is 11.0. The molecule has 0 bridgehead atoms. The Morgan fingerprint density at radius 1 is 1.29 bits per heavy atom. The molecule has 1 N–H and O–H groups in total. The molecule has 0 radical (unpaired) electrons. The van der Waals surface area contributed by atoms with Gasteiger partial charge in [0.05, 0.1) is 23.2 Å². The largest absolute Gasteiger partial charge is 0.480 e. The highest BCUT2D eigenvalue weighted by molar-refractivity contribution is 7.16. The van der Waals surface area contributed by atoms with Crippen molar-refractivity contribution >= 4 is 22.9 Å². The maximum atomic E-state index is 5.93. The van der Waals surface area contributed by atoms with E-state index in [-0.39, 0.29) is 6.04 Å². The zero-order valence-electron chi connectivity index (χ0n) is 9.48.